The molecule has 0 fully saturated rings. The van der Waals surface area contributed by atoms with Crippen molar-refractivity contribution in [1.82, 2.24) is 4.98 Å². The van der Waals surface area contributed by atoms with Crippen molar-refractivity contribution in [3.63, 3.8) is 0 Å². The minimum absolute atomic E-state index is 0.119. The molecule has 1 atom stereocenters. The summed E-state index contributed by atoms with van der Waals surface area (Å²) in [4.78, 5) is 21.7. The third-order valence-corrected chi connectivity index (χ3v) is 3.95. The quantitative estimate of drug-likeness (QED) is 0.302. The normalized spacial score (nSPS) is 12.7. The molecule has 2 rings (SSSR count). The van der Waals surface area contributed by atoms with Gasteiger partial charge in [0.2, 0.25) is 0 Å². The number of hydrogen-bond donors (Lipinski definition) is 1. The number of pyridine rings is 1. The van der Waals surface area contributed by atoms with Crippen LogP contribution in [0.25, 0.3) is 0 Å². The Balaban J connectivity index is 1.92. The summed E-state index contributed by atoms with van der Waals surface area (Å²) >= 11 is 1.41. The zero-order chi connectivity index (χ0) is 15.9. The Morgan fingerprint density at radius 1 is 1.32 bits per heavy atom. The second-order valence-corrected chi connectivity index (χ2v) is 6.12. The van der Waals surface area contributed by atoms with Crippen LogP contribution in [0.1, 0.15) is 18.1 Å². The summed E-state index contributed by atoms with van der Waals surface area (Å²) in [6.45, 7) is 3.78. The third-order valence-electron chi connectivity index (χ3n) is 2.86. The lowest BCUT2D eigenvalue weighted by Gasteiger charge is -2.08. The molecule has 1 heterocycles. The Morgan fingerprint density at radius 2 is 2.05 bits per heavy atom. The van der Waals surface area contributed by atoms with E-state index >= 15 is 0 Å². The summed E-state index contributed by atoms with van der Waals surface area (Å²) in [5.74, 6) is -0.327. The van der Waals surface area contributed by atoms with Gasteiger partial charge in [-0.2, -0.15) is 0 Å². The lowest BCUT2D eigenvalue weighted by atomic mass is 10.2. The number of oxime groups is 1. The predicted molar refractivity (Wildman–Crippen MR) is 87.6 cm³/mol. The van der Waals surface area contributed by atoms with Gasteiger partial charge in [0.05, 0.1) is 0 Å². The Bertz CT molecular complexity index is 657. The molecule has 2 aromatic rings. The van der Waals surface area contributed by atoms with Crippen molar-refractivity contribution in [1.29, 1.82) is 0 Å². The van der Waals surface area contributed by atoms with Gasteiger partial charge >= 0.3 is 5.97 Å². The van der Waals surface area contributed by atoms with Crippen LogP contribution in [0.4, 0.5) is 0 Å². The van der Waals surface area contributed by atoms with Crippen molar-refractivity contribution in [2.45, 2.75) is 24.0 Å². The number of nitrogens with two attached hydrogens (primary N) is 1. The SMILES string of the molecule is Cc1ccc(S[C@@H](C)C(=O)ON=C(N)c2cccnc2)cc1. The van der Waals surface area contributed by atoms with Gasteiger partial charge in [0.25, 0.3) is 0 Å². The molecular weight excluding hydrogens is 298 g/mol. The number of aromatic nitrogens is 1. The Morgan fingerprint density at radius 3 is 2.68 bits per heavy atom. The number of amidine groups is 1. The van der Waals surface area contributed by atoms with E-state index < -0.39 is 5.97 Å². The molecule has 0 amide bonds. The predicted octanol–water partition coefficient (Wildman–Crippen LogP) is 2.73. The maximum absolute atomic E-state index is 11.9. The van der Waals surface area contributed by atoms with Crippen LogP contribution >= 0.6 is 11.8 Å². The molecule has 2 N–H and O–H groups in total. The largest absolute Gasteiger partial charge is 0.380 e. The highest BCUT2D eigenvalue weighted by molar-refractivity contribution is 8.00. The summed E-state index contributed by atoms with van der Waals surface area (Å²) in [5.41, 5.74) is 7.52. The van der Waals surface area contributed by atoms with E-state index in [1.807, 2.05) is 31.2 Å². The maximum atomic E-state index is 11.9. The molecule has 6 heteroatoms. The first-order chi connectivity index (χ1) is 10.6. The van der Waals surface area contributed by atoms with Gasteiger partial charge in [-0.3, -0.25) is 4.98 Å². The van der Waals surface area contributed by atoms with Gasteiger partial charge in [-0.15, -0.1) is 11.8 Å². The molecule has 1 aromatic heterocycles. The summed E-state index contributed by atoms with van der Waals surface area (Å²) in [6, 6.07) is 11.4. The second kappa shape index (κ2) is 7.61. The number of aryl methyl sites for hydroxylation is 1. The number of nitrogens with zero attached hydrogens (tertiary/aromatic N) is 2. The molecule has 0 radical (unpaired) electrons. The molecular formula is C16H17N3O2S. The third kappa shape index (κ3) is 4.60. The highest BCUT2D eigenvalue weighted by atomic mass is 32.2. The zero-order valence-corrected chi connectivity index (χ0v) is 13.2. The monoisotopic (exact) mass is 315 g/mol. The van der Waals surface area contributed by atoms with E-state index in [0.717, 1.165) is 4.90 Å². The first-order valence-corrected chi connectivity index (χ1v) is 7.62. The molecule has 0 aliphatic rings. The average molecular weight is 315 g/mol. The van der Waals surface area contributed by atoms with Crippen LogP contribution in [0.2, 0.25) is 0 Å². The van der Waals surface area contributed by atoms with E-state index in [4.69, 9.17) is 10.6 Å². The van der Waals surface area contributed by atoms with Crippen molar-refractivity contribution in [3.05, 3.63) is 59.9 Å². The van der Waals surface area contributed by atoms with E-state index in [-0.39, 0.29) is 11.1 Å². The number of benzene rings is 1. The lowest BCUT2D eigenvalue weighted by molar-refractivity contribution is -0.142. The van der Waals surface area contributed by atoms with E-state index in [0.29, 0.717) is 5.56 Å². The first kappa shape index (κ1) is 16.0. The number of rotatable bonds is 5. The molecule has 0 unspecified atom stereocenters. The Labute approximate surface area is 133 Å². The molecule has 0 saturated heterocycles. The lowest BCUT2D eigenvalue weighted by Crippen LogP contribution is -2.19. The van der Waals surface area contributed by atoms with E-state index in [1.54, 1.807) is 31.5 Å². The van der Waals surface area contributed by atoms with Gasteiger partial charge in [-0.1, -0.05) is 22.9 Å². The first-order valence-electron chi connectivity index (χ1n) is 6.74. The van der Waals surface area contributed by atoms with Crippen LogP contribution in [-0.2, 0) is 9.63 Å². The van der Waals surface area contributed by atoms with Crippen LogP contribution in [-0.4, -0.2) is 22.0 Å². The van der Waals surface area contributed by atoms with Crippen molar-refractivity contribution >= 4 is 23.6 Å². The number of carbonyl (C=O) groups is 1. The van der Waals surface area contributed by atoms with Crippen LogP contribution in [0, 0.1) is 6.92 Å². The Kier molecular flexibility index (Phi) is 5.55. The average Bonchev–Trinajstić information content (AvgIpc) is 2.55. The molecule has 0 bridgehead atoms. The van der Waals surface area contributed by atoms with Gasteiger partial charge in [0, 0.05) is 22.9 Å². The van der Waals surface area contributed by atoms with Crippen molar-refractivity contribution in [2.24, 2.45) is 10.9 Å². The smallest absolute Gasteiger partial charge is 0.348 e. The molecule has 0 aliphatic carbocycles. The zero-order valence-electron chi connectivity index (χ0n) is 12.4. The van der Waals surface area contributed by atoms with Gasteiger partial charge in [0.15, 0.2) is 5.84 Å². The summed E-state index contributed by atoms with van der Waals surface area (Å²) in [6.07, 6.45) is 3.18. The standard InChI is InChI=1S/C16H17N3O2S/c1-11-5-7-14(8-6-11)22-12(2)16(20)21-19-15(17)13-4-3-9-18-10-13/h3-10,12H,1-2H3,(H2,17,19)/t12-/m0/s1. The van der Waals surface area contributed by atoms with Crippen LogP contribution in [0.15, 0.2) is 58.8 Å². The topological polar surface area (TPSA) is 77.6 Å². The highest BCUT2D eigenvalue weighted by Crippen LogP contribution is 2.24. The van der Waals surface area contributed by atoms with Gasteiger partial charge in [-0.05, 0) is 38.1 Å². The fourth-order valence-corrected chi connectivity index (χ4v) is 2.45. The highest BCUT2D eigenvalue weighted by Gasteiger charge is 2.16. The molecule has 1 aromatic carbocycles. The number of thioether (sulfide) groups is 1. The van der Waals surface area contributed by atoms with Crippen LogP contribution in [0.3, 0.4) is 0 Å². The fourth-order valence-electron chi connectivity index (χ4n) is 1.60. The summed E-state index contributed by atoms with van der Waals surface area (Å²) in [7, 11) is 0. The fraction of sp³-hybridized carbons (Fsp3) is 0.188. The minimum Gasteiger partial charge on any atom is -0.380 e. The van der Waals surface area contributed by atoms with Crippen molar-refractivity contribution in [2.75, 3.05) is 0 Å². The van der Waals surface area contributed by atoms with Crippen LogP contribution in [0.5, 0.6) is 0 Å². The summed E-state index contributed by atoms with van der Waals surface area (Å²) < 4.78 is 0. The van der Waals surface area contributed by atoms with Crippen molar-refractivity contribution < 1.29 is 9.63 Å². The maximum Gasteiger partial charge on any atom is 0.348 e. The molecule has 0 aliphatic heterocycles. The molecule has 0 spiro atoms. The molecule has 114 valence electrons. The summed E-state index contributed by atoms with van der Waals surface area (Å²) in [5, 5.41) is 3.28. The van der Waals surface area contributed by atoms with Crippen molar-refractivity contribution in [3.8, 4) is 0 Å². The molecule has 22 heavy (non-hydrogen) atoms. The molecule has 0 saturated carbocycles. The number of carbonyl (C=O) groups excluding carboxylic acids is 1. The Hall–Kier alpha value is -2.34. The minimum atomic E-state index is -0.447. The van der Waals surface area contributed by atoms with Gasteiger partial charge < -0.3 is 10.6 Å². The molecule has 5 nitrogen and oxygen atoms in total. The second-order valence-electron chi connectivity index (χ2n) is 4.70. The van der Waals surface area contributed by atoms with Gasteiger partial charge in [0.1, 0.15) is 5.25 Å². The number of hydrogen-bond acceptors (Lipinski definition) is 5. The van der Waals surface area contributed by atoms with Crippen LogP contribution < -0.4 is 5.73 Å². The van der Waals surface area contributed by atoms with Gasteiger partial charge in [-0.25, -0.2) is 4.79 Å². The van der Waals surface area contributed by atoms with E-state index in [2.05, 4.69) is 10.1 Å². The van der Waals surface area contributed by atoms with E-state index in [9.17, 15) is 4.79 Å². The van der Waals surface area contributed by atoms with E-state index in [1.165, 1.54) is 17.3 Å².